The largest absolute Gasteiger partial charge is 0.480 e. The second-order valence-electron chi connectivity index (χ2n) is 16.1. The van der Waals surface area contributed by atoms with Gasteiger partial charge in [0.2, 0.25) is 0 Å². The summed E-state index contributed by atoms with van der Waals surface area (Å²) in [6.45, 7) is 2.38. The minimum absolute atomic E-state index is 0.0154. The third kappa shape index (κ3) is 31.3. The molecule has 0 bridgehead atoms. The fourth-order valence-corrected chi connectivity index (χ4v) is 7.63. The number of phosphoric acid groups is 1. The maximum Gasteiger partial charge on any atom is 0.472 e. The van der Waals surface area contributed by atoms with E-state index in [1.807, 2.05) is 24.3 Å². The highest BCUT2D eigenvalue weighted by atomic mass is 31.2. The number of aliphatic hydroxyl groups is 3. The van der Waals surface area contributed by atoms with Gasteiger partial charge in [0.05, 0.1) is 31.5 Å². The van der Waals surface area contributed by atoms with E-state index in [0.717, 1.165) is 57.8 Å². The molecule has 0 spiro atoms. The van der Waals surface area contributed by atoms with Gasteiger partial charge in [-0.25, -0.2) is 4.57 Å². The van der Waals surface area contributed by atoms with Gasteiger partial charge in [0.25, 0.3) is 0 Å². The van der Waals surface area contributed by atoms with E-state index in [4.69, 9.17) is 24.8 Å². The number of carbonyl (C=O) groups is 3. The number of phosphoric ester groups is 1. The van der Waals surface area contributed by atoms with E-state index in [-0.39, 0.29) is 31.1 Å². The van der Waals surface area contributed by atoms with Gasteiger partial charge in [0, 0.05) is 25.2 Å². The number of hydrogen-bond acceptors (Lipinski definition) is 12. The summed E-state index contributed by atoms with van der Waals surface area (Å²) in [5.74, 6) is -3.03. The van der Waals surface area contributed by atoms with Crippen LogP contribution in [0.4, 0.5) is 0 Å². The van der Waals surface area contributed by atoms with Crippen molar-refractivity contribution in [2.45, 2.75) is 179 Å². The zero-order valence-electron chi connectivity index (χ0n) is 38.0. The molecule has 1 saturated carbocycles. The number of allylic oxidation sites excluding steroid dienone is 10. The van der Waals surface area contributed by atoms with Crippen molar-refractivity contribution < 1.29 is 62.8 Å². The highest BCUT2D eigenvalue weighted by molar-refractivity contribution is 7.47. The molecule has 360 valence electrons. The van der Waals surface area contributed by atoms with Crippen molar-refractivity contribution in [3.8, 4) is 0 Å². The molecule has 1 rings (SSSR count). The number of unbranched alkanes of at least 4 members (excludes halogenated alkanes) is 8. The third-order valence-electron chi connectivity index (χ3n) is 10.5. The van der Waals surface area contributed by atoms with Crippen LogP contribution in [0.15, 0.2) is 72.9 Å². The summed E-state index contributed by atoms with van der Waals surface area (Å²) in [6.07, 6.45) is 37.6. The lowest BCUT2D eigenvalue weighted by atomic mass is 9.88. The van der Waals surface area contributed by atoms with Gasteiger partial charge in [-0.1, -0.05) is 138 Å². The maximum atomic E-state index is 12.8. The van der Waals surface area contributed by atoms with Crippen LogP contribution in [0.2, 0.25) is 0 Å². The van der Waals surface area contributed by atoms with Crippen molar-refractivity contribution in [3.63, 3.8) is 0 Å². The molecular weight excluding hydrogens is 829 g/mol. The first-order valence-electron chi connectivity index (χ1n) is 23.2. The number of rotatable bonds is 38. The van der Waals surface area contributed by atoms with Crippen LogP contribution >= 0.6 is 7.82 Å². The number of carboxylic acid groups (broad SMARTS) is 1. The molecule has 0 aliphatic heterocycles. The minimum atomic E-state index is -4.80. The quantitative estimate of drug-likeness (QED) is 0.0147. The minimum Gasteiger partial charge on any atom is -0.480 e. The first-order valence-corrected chi connectivity index (χ1v) is 24.7. The Kier molecular flexibility index (Phi) is 34.0. The number of ether oxygens (including phenoxy) is 2. The lowest BCUT2D eigenvalue weighted by Crippen LogP contribution is -2.34. The van der Waals surface area contributed by atoms with Gasteiger partial charge in [-0.15, -0.1) is 0 Å². The molecule has 0 saturated heterocycles. The molecule has 0 amide bonds. The van der Waals surface area contributed by atoms with Crippen LogP contribution in [0.5, 0.6) is 0 Å². The summed E-state index contributed by atoms with van der Waals surface area (Å²) in [6, 6.07) is -1.57. The van der Waals surface area contributed by atoms with Gasteiger partial charge >= 0.3 is 25.7 Å². The van der Waals surface area contributed by atoms with Crippen LogP contribution in [-0.2, 0) is 37.5 Å². The average Bonchev–Trinajstić information content (AvgIpc) is 3.52. The Labute approximate surface area is 377 Å². The fourth-order valence-electron chi connectivity index (χ4n) is 6.85. The number of nitrogens with two attached hydrogens (primary N) is 1. The van der Waals surface area contributed by atoms with Gasteiger partial charge < -0.3 is 40.5 Å². The van der Waals surface area contributed by atoms with Crippen molar-refractivity contribution in [2.24, 2.45) is 17.6 Å². The molecule has 1 aliphatic carbocycles. The van der Waals surface area contributed by atoms with E-state index in [9.17, 15) is 39.2 Å². The van der Waals surface area contributed by atoms with Gasteiger partial charge in [-0.2, -0.15) is 0 Å². The summed E-state index contributed by atoms with van der Waals surface area (Å²) < 4.78 is 32.7. The lowest BCUT2D eigenvalue weighted by molar-refractivity contribution is -0.161. The van der Waals surface area contributed by atoms with E-state index < -0.39 is 76.0 Å². The summed E-state index contributed by atoms with van der Waals surface area (Å²) in [4.78, 5) is 46.2. The van der Waals surface area contributed by atoms with E-state index in [2.05, 4.69) is 60.9 Å². The van der Waals surface area contributed by atoms with Gasteiger partial charge in [0.1, 0.15) is 12.6 Å². The Bertz CT molecular complexity index is 1460. The van der Waals surface area contributed by atoms with E-state index >= 15 is 0 Å². The van der Waals surface area contributed by atoms with Crippen LogP contribution in [0, 0.1) is 11.8 Å². The number of carboxylic acids is 1. The highest BCUT2D eigenvalue weighted by Crippen LogP contribution is 2.43. The molecule has 0 aromatic rings. The zero-order chi connectivity index (χ0) is 46.6. The van der Waals surface area contributed by atoms with E-state index in [1.165, 1.54) is 19.3 Å². The monoisotopic (exact) mass is 910 g/mol. The predicted molar refractivity (Wildman–Crippen MR) is 246 cm³/mol. The van der Waals surface area contributed by atoms with Crippen LogP contribution in [0.25, 0.3) is 0 Å². The van der Waals surface area contributed by atoms with Crippen LogP contribution in [-0.4, -0.2) is 93.5 Å². The zero-order valence-corrected chi connectivity index (χ0v) is 38.9. The maximum absolute atomic E-state index is 12.8. The van der Waals surface area contributed by atoms with Gasteiger partial charge in [0.15, 0.2) is 6.10 Å². The highest BCUT2D eigenvalue weighted by Gasteiger charge is 2.39. The molecule has 1 aliphatic rings. The Balaban J connectivity index is 2.51. The van der Waals surface area contributed by atoms with Crippen LogP contribution in [0.3, 0.4) is 0 Å². The molecule has 0 aromatic carbocycles. The smallest absolute Gasteiger partial charge is 0.472 e. The van der Waals surface area contributed by atoms with Crippen molar-refractivity contribution in [3.05, 3.63) is 72.9 Å². The number of carbonyl (C=O) groups excluding carboxylic acids is 2. The van der Waals surface area contributed by atoms with Crippen LogP contribution < -0.4 is 5.73 Å². The molecule has 14 nitrogen and oxygen atoms in total. The van der Waals surface area contributed by atoms with E-state index in [1.54, 1.807) is 6.08 Å². The van der Waals surface area contributed by atoms with Crippen molar-refractivity contribution in [2.75, 3.05) is 19.8 Å². The topological polar surface area (TPSA) is 232 Å². The Morgan fingerprint density at radius 3 is 1.89 bits per heavy atom. The standard InChI is InChI=1S/C48H80NO13P/c1-3-5-7-8-9-10-11-12-13-14-15-16-17-18-19-20-21-22-27-31-46(53)59-36-40(37-60-63(57,58)61-38-43(49)48(55)56)62-47(54)32-28-24-23-26-30-41-42(45(52)35-44(41)51)34-33-39(50)29-25-6-4-2/h9-10,12-13,15-16,18-19,21-22,33-34,39-45,50-52H,3-8,11,14,17,20,23-32,35-38,49H2,1-2H3,(H,55,56)(H,57,58)/b10-9-,13-12-,16-15-,19-18-,22-21-,34-33+/t39-,40+,41+,42+,43-,44-,45+/m0/s1. The number of aliphatic hydroxyl groups excluding tert-OH is 3. The first-order chi connectivity index (χ1) is 30.3. The second kappa shape index (κ2) is 37.1. The Morgan fingerprint density at radius 1 is 0.698 bits per heavy atom. The molecule has 0 heterocycles. The third-order valence-corrected chi connectivity index (χ3v) is 11.5. The van der Waals surface area contributed by atoms with Gasteiger partial charge in [-0.05, 0) is 70.1 Å². The fraction of sp³-hybridized carbons (Fsp3) is 0.688. The molecule has 1 fully saturated rings. The van der Waals surface area contributed by atoms with Crippen molar-refractivity contribution in [1.82, 2.24) is 0 Å². The van der Waals surface area contributed by atoms with Crippen LogP contribution in [0.1, 0.15) is 149 Å². The van der Waals surface area contributed by atoms with Gasteiger partial charge in [-0.3, -0.25) is 23.4 Å². The first kappa shape index (κ1) is 57.8. The molecule has 8 atom stereocenters. The molecule has 0 aromatic heterocycles. The predicted octanol–water partition coefficient (Wildman–Crippen LogP) is 8.88. The molecule has 15 heteroatoms. The van der Waals surface area contributed by atoms with Crippen molar-refractivity contribution in [1.29, 1.82) is 0 Å². The number of aliphatic carboxylic acids is 1. The summed E-state index contributed by atoms with van der Waals surface area (Å²) in [7, 11) is -4.80. The summed E-state index contributed by atoms with van der Waals surface area (Å²) >= 11 is 0. The molecule has 0 radical (unpaired) electrons. The van der Waals surface area contributed by atoms with Crippen molar-refractivity contribution >= 4 is 25.7 Å². The van der Waals surface area contributed by atoms with E-state index in [0.29, 0.717) is 38.5 Å². The molecular formula is C48H80NO13P. The normalized spacial score (nSPS) is 20.7. The molecule has 63 heavy (non-hydrogen) atoms. The molecule has 7 N–H and O–H groups in total. The molecule has 1 unspecified atom stereocenters. The SMILES string of the molecule is CCCCC/C=C\C/C=C\C/C=C\C/C=C\C/C=C\CCC(=O)OC[C@H](COP(=O)(O)OC[C@H](N)C(=O)O)OC(=O)CCCCCC[C@@H]1[C@@H](/C=C/[C@@H](O)CCCCC)[C@H](O)C[C@@H]1O. The average molecular weight is 910 g/mol. The lowest BCUT2D eigenvalue weighted by Gasteiger charge is -2.21. The number of esters is 2. The Morgan fingerprint density at radius 2 is 1.27 bits per heavy atom. The second-order valence-corrected chi connectivity index (χ2v) is 17.6. The Hall–Kier alpha value is -3.20. The number of hydrogen-bond donors (Lipinski definition) is 6. The summed E-state index contributed by atoms with van der Waals surface area (Å²) in [5.41, 5.74) is 5.33. The summed E-state index contributed by atoms with van der Waals surface area (Å²) in [5, 5.41) is 40.3.